The highest BCUT2D eigenvalue weighted by atomic mass is 16.5. The number of hydrogen-bond donors (Lipinski definition) is 2. The topological polar surface area (TPSA) is 101 Å². The van der Waals surface area contributed by atoms with E-state index < -0.39 is 0 Å². The van der Waals surface area contributed by atoms with Crippen molar-refractivity contribution in [2.45, 2.75) is 34.6 Å². The highest BCUT2D eigenvalue weighted by Crippen LogP contribution is 2.11. The van der Waals surface area contributed by atoms with Crippen LogP contribution in [0, 0.1) is 11.3 Å². The molecule has 0 spiro atoms. The Morgan fingerprint density at radius 3 is 1.47 bits per heavy atom. The average Bonchev–Trinajstić information content (AvgIpc) is 2.38. The predicted molar refractivity (Wildman–Crippen MR) is 73.7 cm³/mol. The van der Waals surface area contributed by atoms with Gasteiger partial charge in [0.2, 0.25) is 0 Å². The molecule has 0 aromatic carbocycles. The normalized spacial score (nSPS) is 8.63. The van der Waals surface area contributed by atoms with E-state index in [0.29, 0.717) is 13.1 Å². The first-order valence-corrected chi connectivity index (χ1v) is 5.76. The molecule has 0 amide bonds. The first kappa shape index (κ1) is 26.3. The van der Waals surface area contributed by atoms with Gasteiger partial charge >= 0.3 is 0 Å². The lowest BCUT2D eigenvalue weighted by Crippen LogP contribution is -2.13. The molecule has 0 unspecified atom stereocenters. The van der Waals surface area contributed by atoms with E-state index in [9.17, 15) is 9.59 Å². The van der Waals surface area contributed by atoms with Gasteiger partial charge in [0.15, 0.2) is 0 Å². The summed E-state index contributed by atoms with van der Waals surface area (Å²) in [7, 11) is 0. The summed E-state index contributed by atoms with van der Waals surface area (Å²) in [6, 6.07) is 0. The lowest BCUT2D eigenvalue weighted by atomic mass is 9.99. The molecule has 19 heavy (non-hydrogen) atoms. The fraction of sp³-hybridized carbons (Fsp3) is 0.769. The summed E-state index contributed by atoms with van der Waals surface area (Å²) < 4.78 is 4.52. The molecule has 0 aromatic rings. The van der Waals surface area contributed by atoms with Crippen LogP contribution in [0.15, 0.2) is 0 Å². The third kappa shape index (κ3) is 80.1. The lowest BCUT2D eigenvalue weighted by Gasteiger charge is -2.14. The van der Waals surface area contributed by atoms with E-state index in [1.807, 2.05) is 41.4 Å². The van der Waals surface area contributed by atoms with E-state index in [0.717, 1.165) is 6.29 Å². The van der Waals surface area contributed by atoms with Crippen LogP contribution >= 0.6 is 0 Å². The molecule has 0 fully saturated rings. The average molecular weight is 280 g/mol. The van der Waals surface area contributed by atoms with Gasteiger partial charge in [-0.15, -0.1) is 0 Å². The van der Waals surface area contributed by atoms with Crippen molar-refractivity contribution in [3.05, 3.63) is 0 Å². The van der Waals surface area contributed by atoms with Crippen LogP contribution in [0.3, 0.4) is 0 Å². The molecule has 0 heterocycles. The van der Waals surface area contributed by atoms with Crippen molar-refractivity contribution in [1.82, 2.24) is 0 Å². The summed E-state index contributed by atoms with van der Waals surface area (Å²) in [5, 5.41) is 15.2. The van der Waals surface area contributed by atoms with Crippen LogP contribution in [0.4, 0.5) is 0 Å². The highest BCUT2D eigenvalue weighted by molar-refractivity contribution is 5.51. The van der Waals surface area contributed by atoms with Crippen molar-refractivity contribution in [3.63, 3.8) is 0 Å². The van der Waals surface area contributed by atoms with E-state index in [-0.39, 0.29) is 24.5 Å². The SMILES string of the molecule is C=O.CC(C)(C)COC=O.CC(C)C=O.OCCO. The maximum Gasteiger partial charge on any atom is 0.293 e. The molecule has 0 saturated carbocycles. The van der Waals surface area contributed by atoms with Gasteiger partial charge in [-0.25, -0.2) is 0 Å². The first-order chi connectivity index (χ1) is 8.74. The smallest absolute Gasteiger partial charge is 0.293 e. The van der Waals surface area contributed by atoms with Gasteiger partial charge in [-0.3, -0.25) is 4.79 Å². The van der Waals surface area contributed by atoms with E-state index in [1.54, 1.807) is 0 Å². The van der Waals surface area contributed by atoms with Crippen molar-refractivity contribution in [2.75, 3.05) is 19.8 Å². The molecule has 0 rings (SSSR count). The molecular weight excluding hydrogens is 252 g/mol. The van der Waals surface area contributed by atoms with E-state index in [2.05, 4.69) is 4.74 Å². The standard InChI is InChI=1S/C6H12O2.C4H8O.C2H6O2.CH2O/c1-6(2,3)4-8-5-7;1-4(2)3-5;3-1-2-4;1-2/h5H,4H2,1-3H3;3-4H,1-2H3;3-4H,1-2H2;1H2. The molecule has 0 radical (unpaired) electrons. The van der Waals surface area contributed by atoms with Crippen molar-refractivity contribution in [3.8, 4) is 0 Å². The number of rotatable bonds is 4. The quantitative estimate of drug-likeness (QED) is 0.740. The second-order valence-corrected chi connectivity index (χ2v) is 4.80. The second-order valence-electron chi connectivity index (χ2n) is 4.80. The van der Waals surface area contributed by atoms with Crippen molar-refractivity contribution in [1.29, 1.82) is 0 Å². The molecular formula is C13H28O6. The molecule has 6 nitrogen and oxygen atoms in total. The third-order valence-electron chi connectivity index (χ3n) is 0.957. The minimum atomic E-state index is -0.125. The Morgan fingerprint density at radius 1 is 1.11 bits per heavy atom. The minimum Gasteiger partial charge on any atom is -0.467 e. The van der Waals surface area contributed by atoms with Crippen LogP contribution in [0.5, 0.6) is 0 Å². The predicted octanol–water partition coefficient (Wildman–Crippen LogP) is 0.833. The summed E-state index contributed by atoms with van der Waals surface area (Å²) >= 11 is 0. The fourth-order valence-electron chi connectivity index (χ4n) is 0.284. The summed E-state index contributed by atoms with van der Waals surface area (Å²) in [6.45, 7) is 12.5. The van der Waals surface area contributed by atoms with Crippen molar-refractivity contribution < 1.29 is 29.3 Å². The number of carbonyl (C=O) groups is 3. The van der Waals surface area contributed by atoms with Gasteiger partial charge in [0.25, 0.3) is 6.47 Å². The minimum absolute atomic E-state index is 0.0981. The molecule has 0 aliphatic heterocycles. The Labute approximate surface area is 115 Å². The summed E-state index contributed by atoms with van der Waals surface area (Å²) in [6.07, 6.45) is 0.917. The number of hydrogen-bond acceptors (Lipinski definition) is 6. The molecule has 0 atom stereocenters. The fourth-order valence-corrected chi connectivity index (χ4v) is 0.284. The van der Waals surface area contributed by atoms with E-state index >= 15 is 0 Å². The van der Waals surface area contributed by atoms with Crippen LogP contribution in [0.2, 0.25) is 0 Å². The lowest BCUT2D eigenvalue weighted by molar-refractivity contribution is -0.131. The Balaban J connectivity index is -0.0000000886. The van der Waals surface area contributed by atoms with Crippen LogP contribution in [-0.2, 0) is 19.1 Å². The zero-order valence-corrected chi connectivity index (χ0v) is 12.6. The monoisotopic (exact) mass is 280 g/mol. The number of aliphatic hydroxyl groups is 2. The van der Waals surface area contributed by atoms with E-state index in [4.69, 9.17) is 15.0 Å². The molecule has 6 heteroatoms. The van der Waals surface area contributed by atoms with Gasteiger partial charge in [0.1, 0.15) is 13.1 Å². The van der Waals surface area contributed by atoms with E-state index in [1.165, 1.54) is 0 Å². The summed E-state index contributed by atoms with van der Waals surface area (Å²) in [5.41, 5.74) is 0.0981. The van der Waals surface area contributed by atoms with Gasteiger partial charge in [-0.05, 0) is 5.41 Å². The van der Waals surface area contributed by atoms with Crippen LogP contribution in [0.25, 0.3) is 0 Å². The van der Waals surface area contributed by atoms with Crippen LogP contribution in [0.1, 0.15) is 34.6 Å². The number of ether oxygens (including phenoxy) is 1. The number of aliphatic hydroxyl groups excluding tert-OH is 2. The Bertz CT molecular complexity index is 172. The molecule has 0 aromatic heterocycles. The summed E-state index contributed by atoms with van der Waals surface area (Å²) in [5.74, 6) is 0.204. The first-order valence-electron chi connectivity index (χ1n) is 5.76. The Kier molecular flexibility index (Phi) is 30.4. The van der Waals surface area contributed by atoms with Gasteiger partial charge in [-0.2, -0.15) is 0 Å². The third-order valence-corrected chi connectivity index (χ3v) is 0.957. The molecule has 0 bridgehead atoms. The van der Waals surface area contributed by atoms with Crippen LogP contribution < -0.4 is 0 Å². The Hall–Kier alpha value is -1.27. The Morgan fingerprint density at radius 2 is 1.42 bits per heavy atom. The zero-order chi connectivity index (χ0) is 16.3. The van der Waals surface area contributed by atoms with Gasteiger partial charge in [0.05, 0.1) is 19.8 Å². The van der Waals surface area contributed by atoms with Gasteiger partial charge in [0, 0.05) is 5.92 Å². The zero-order valence-electron chi connectivity index (χ0n) is 12.6. The maximum absolute atomic E-state index is 9.63. The molecule has 2 N–H and O–H groups in total. The van der Waals surface area contributed by atoms with Gasteiger partial charge < -0.3 is 24.5 Å². The molecule has 0 saturated heterocycles. The van der Waals surface area contributed by atoms with Crippen LogP contribution in [-0.4, -0.2) is 49.6 Å². The molecule has 0 aliphatic rings. The molecule has 116 valence electrons. The maximum atomic E-state index is 9.63. The highest BCUT2D eigenvalue weighted by Gasteiger charge is 2.09. The summed E-state index contributed by atoms with van der Waals surface area (Å²) in [4.78, 5) is 27.1. The number of carbonyl (C=O) groups excluding carboxylic acids is 3. The second kappa shape index (κ2) is 22.0. The molecule has 0 aliphatic carbocycles. The number of aldehydes is 1. The van der Waals surface area contributed by atoms with Gasteiger partial charge in [-0.1, -0.05) is 34.6 Å². The van der Waals surface area contributed by atoms with Crippen molar-refractivity contribution >= 4 is 19.5 Å². The largest absolute Gasteiger partial charge is 0.467 e. The van der Waals surface area contributed by atoms with Crippen molar-refractivity contribution in [2.24, 2.45) is 11.3 Å².